The van der Waals surface area contributed by atoms with Crippen LogP contribution in [0.5, 0.6) is 0 Å². The number of Topliss-reactive ketones (excluding diaryl/α,β-unsaturated/α-hetero) is 4. The molecule has 1 heterocycles. The van der Waals surface area contributed by atoms with Crippen molar-refractivity contribution in [3.05, 3.63) is 12.2 Å². The van der Waals surface area contributed by atoms with Crippen molar-refractivity contribution in [1.82, 2.24) is 0 Å². The average Bonchev–Trinajstić information content (AvgIpc) is 3.34. The van der Waals surface area contributed by atoms with E-state index in [1.807, 2.05) is 0 Å². The first-order chi connectivity index (χ1) is 34.9. The van der Waals surface area contributed by atoms with Crippen LogP contribution in [-0.2, 0) is 85.8 Å². The summed E-state index contributed by atoms with van der Waals surface area (Å²) in [5, 5.41) is 0. The van der Waals surface area contributed by atoms with Gasteiger partial charge in [-0.2, -0.15) is 0 Å². The minimum atomic E-state index is -1.78. The Labute approximate surface area is 433 Å². The van der Waals surface area contributed by atoms with Crippen LogP contribution in [0.2, 0.25) is 0 Å². The summed E-state index contributed by atoms with van der Waals surface area (Å²) >= 11 is 0. The smallest absolute Gasteiger partial charge is 0.306 e. The minimum absolute atomic E-state index is 0.0579. The Morgan fingerprint density at radius 3 is 1.29 bits per heavy atom. The van der Waals surface area contributed by atoms with Crippen LogP contribution >= 0.6 is 0 Å². The van der Waals surface area contributed by atoms with Gasteiger partial charge in [-0.05, 0) is 66.2 Å². The van der Waals surface area contributed by atoms with Crippen molar-refractivity contribution in [1.29, 1.82) is 0 Å². The Balaban J connectivity index is 3.44. The summed E-state index contributed by atoms with van der Waals surface area (Å²) in [6.45, 7) is 7.71. The van der Waals surface area contributed by atoms with E-state index in [2.05, 4.69) is 26.0 Å². The fourth-order valence-electron chi connectivity index (χ4n) is 7.57. The van der Waals surface area contributed by atoms with E-state index in [1.165, 1.54) is 66.2 Å². The van der Waals surface area contributed by atoms with Gasteiger partial charge in [-0.15, -0.1) is 0 Å². The molecule has 1 saturated heterocycles. The molecule has 1 unspecified atom stereocenters. The van der Waals surface area contributed by atoms with E-state index >= 15 is 0 Å². The lowest BCUT2D eigenvalue weighted by Gasteiger charge is -2.44. The molecule has 0 aliphatic carbocycles. The topological polar surface area (TPSA) is 245 Å². The van der Waals surface area contributed by atoms with E-state index in [0.29, 0.717) is 12.8 Å². The molecular weight excluding hydrogens is 949 g/mol. The molecule has 18 heteroatoms. The van der Waals surface area contributed by atoms with Gasteiger partial charge < -0.3 is 57.1 Å². The lowest BCUT2D eigenvalue weighted by molar-refractivity contribution is -0.312. The summed E-state index contributed by atoms with van der Waals surface area (Å²) < 4.78 is 46.5. The second-order valence-electron chi connectivity index (χ2n) is 19.0. The van der Waals surface area contributed by atoms with Crippen molar-refractivity contribution in [2.75, 3.05) is 19.8 Å². The molecule has 0 saturated carbocycles. The Bertz CT molecular complexity index is 1710. The average molecular weight is 1040 g/mol. The van der Waals surface area contributed by atoms with E-state index in [1.54, 1.807) is 0 Å². The third-order valence-electron chi connectivity index (χ3n) is 11.8. The van der Waals surface area contributed by atoms with Crippen molar-refractivity contribution in [3.8, 4) is 0 Å². The van der Waals surface area contributed by atoms with Crippen LogP contribution in [0.25, 0.3) is 0 Å². The van der Waals surface area contributed by atoms with E-state index in [0.717, 1.165) is 64.2 Å². The number of esters is 6. The molecule has 0 aromatic carbocycles. The first kappa shape index (κ1) is 66.2. The highest BCUT2D eigenvalue weighted by atomic mass is 16.7. The maximum atomic E-state index is 13.4. The zero-order valence-corrected chi connectivity index (χ0v) is 44.9. The molecule has 0 spiro atoms. The van der Waals surface area contributed by atoms with Gasteiger partial charge in [0.05, 0.1) is 32.3 Å². The maximum absolute atomic E-state index is 13.4. The van der Waals surface area contributed by atoms with Crippen molar-refractivity contribution < 1.29 is 85.8 Å². The van der Waals surface area contributed by atoms with Gasteiger partial charge in [0.15, 0.2) is 30.7 Å². The molecule has 0 bridgehead atoms. The second kappa shape index (κ2) is 41.5. The van der Waals surface area contributed by atoms with Gasteiger partial charge in [0.2, 0.25) is 0 Å². The Hall–Kier alpha value is -4.84. The quantitative estimate of drug-likeness (QED) is 0.0239. The zero-order chi connectivity index (χ0) is 54.2. The Morgan fingerprint density at radius 1 is 0.411 bits per heavy atom. The van der Waals surface area contributed by atoms with E-state index in [-0.39, 0.29) is 68.1 Å². The fourth-order valence-corrected chi connectivity index (χ4v) is 7.57. The molecular formula is C55H88O18. The number of carbonyl (C=O) groups excluding carboxylic acids is 10. The van der Waals surface area contributed by atoms with Crippen molar-refractivity contribution in [3.63, 3.8) is 0 Å². The SMILES string of the molecule is CCCCCCCC/C=C/CCCCCCCC(=O)OC(COC(=O)CCCCCCC)CO[C@@H]1O[C@H](COC(=O)CCC(C)=O)[C@H](OC(=O)CCC(C)=O)[C@H](OC(=O)CCC(C)=O)[C@H]1OC(=O)CCC(C)=O. The van der Waals surface area contributed by atoms with Gasteiger partial charge in [0, 0.05) is 38.5 Å². The number of hydrogen-bond acceptors (Lipinski definition) is 18. The molecule has 0 N–H and O–H groups in total. The molecule has 0 radical (unpaired) electrons. The summed E-state index contributed by atoms with van der Waals surface area (Å²) in [7, 11) is 0. The molecule has 1 rings (SSSR count). The lowest BCUT2D eigenvalue weighted by Crippen LogP contribution is -2.63. The normalized spacial score (nSPS) is 17.8. The number of hydrogen-bond donors (Lipinski definition) is 0. The van der Waals surface area contributed by atoms with Gasteiger partial charge in [-0.1, -0.05) is 103 Å². The first-order valence-electron chi connectivity index (χ1n) is 26.9. The Morgan fingerprint density at radius 2 is 0.808 bits per heavy atom. The van der Waals surface area contributed by atoms with Crippen LogP contribution in [0, 0.1) is 0 Å². The van der Waals surface area contributed by atoms with E-state index < -0.39 is 112 Å². The maximum Gasteiger partial charge on any atom is 0.306 e. The molecule has 1 aliphatic heterocycles. The minimum Gasteiger partial charge on any atom is -0.463 e. The van der Waals surface area contributed by atoms with Gasteiger partial charge >= 0.3 is 35.8 Å². The predicted molar refractivity (Wildman–Crippen MR) is 269 cm³/mol. The summed E-state index contributed by atoms with van der Waals surface area (Å²) in [5.41, 5.74) is 0. The lowest BCUT2D eigenvalue weighted by atomic mass is 9.97. The van der Waals surface area contributed by atoms with E-state index in [9.17, 15) is 47.9 Å². The predicted octanol–water partition coefficient (Wildman–Crippen LogP) is 9.34. The largest absolute Gasteiger partial charge is 0.463 e. The third kappa shape index (κ3) is 35.1. The van der Waals surface area contributed by atoms with Crippen molar-refractivity contribution >= 4 is 58.9 Å². The Kier molecular flexibility index (Phi) is 37.6. The molecule has 0 amide bonds. The van der Waals surface area contributed by atoms with Crippen LogP contribution < -0.4 is 0 Å². The summed E-state index contributed by atoms with van der Waals surface area (Å²) in [6.07, 6.45) is 10.9. The first-order valence-corrected chi connectivity index (χ1v) is 26.9. The molecule has 416 valence electrons. The van der Waals surface area contributed by atoms with Gasteiger partial charge in [0.1, 0.15) is 42.5 Å². The van der Waals surface area contributed by atoms with Crippen LogP contribution in [-0.4, -0.2) is 116 Å². The number of rotatable bonds is 44. The van der Waals surface area contributed by atoms with Crippen LogP contribution in [0.1, 0.15) is 221 Å². The van der Waals surface area contributed by atoms with Crippen LogP contribution in [0.15, 0.2) is 12.2 Å². The number of unbranched alkanes of at least 4 members (excludes halogenated alkanes) is 15. The highest BCUT2D eigenvalue weighted by Gasteiger charge is 2.53. The standard InChI is InChI=1S/C55H88O18/c1-7-9-11-13-14-15-16-17-18-19-20-21-22-24-26-28-48(62)69-44(37-66-46(60)27-25-23-12-10-8-2)38-68-55-54(73-51(65)36-32-43(6)59)53(72-50(64)35-31-42(5)58)52(71-49(63)34-30-41(4)57)45(70-55)39-67-47(61)33-29-40(3)56/h17-18,44-45,52-55H,7-16,19-39H2,1-6H3/b18-17+/t44?,45-,52+,53+,54-,55-/m1/s1. The highest BCUT2D eigenvalue weighted by molar-refractivity contribution is 5.83. The van der Waals surface area contributed by atoms with Crippen LogP contribution in [0.3, 0.4) is 0 Å². The van der Waals surface area contributed by atoms with Gasteiger partial charge in [0.25, 0.3) is 0 Å². The molecule has 0 aromatic heterocycles. The summed E-state index contributed by atoms with van der Waals surface area (Å²) in [5.74, 6) is -6.22. The summed E-state index contributed by atoms with van der Waals surface area (Å²) in [6, 6.07) is 0. The van der Waals surface area contributed by atoms with Gasteiger partial charge in [-0.3, -0.25) is 28.8 Å². The number of ketones is 4. The van der Waals surface area contributed by atoms with Crippen molar-refractivity contribution in [2.45, 2.75) is 258 Å². The molecule has 73 heavy (non-hydrogen) atoms. The second-order valence-corrected chi connectivity index (χ2v) is 19.0. The molecule has 18 nitrogen and oxygen atoms in total. The van der Waals surface area contributed by atoms with Crippen LogP contribution in [0.4, 0.5) is 0 Å². The molecule has 6 atom stereocenters. The number of ether oxygens (including phenoxy) is 8. The fraction of sp³-hybridized carbons (Fsp3) is 0.782. The monoisotopic (exact) mass is 1040 g/mol. The van der Waals surface area contributed by atoms with Gasteiger partial charge in [-0.25, -0.2) is 0 Å². The molecule has 0 aromatic rings. The van der Waals surface area contributed by atoms with Crippen molar-refractivity contribution in [2.24, 2.45) is 0 Å². The number of allylic oxidation sites excluding steroid dienone is 2. The number of carbonyl (C=O) groups is 10. The highest BCUT2D eigenvalue weighted by Crippen LogP contribution is 2.31. The molecule has 1 fully saturated rings. The molecule has 1 aliphatic rings. The van der Waals surface area contributed by atoms with E-state index in [4.69, 9.17) is 37.9 Å². The third-order valence-corrected chi connectivity index (χ3v) is 11.8. The summed E-state index contributed by atoms with van der Waals surface area (Å²) in [4.78, 5) is 126. The zero-order valence-electron chi connectivity index (χ0n) is 44.9.